The fourth-order valence-corrected chi connectivity index (χ4v) is 3.24. The molecule has 1 N–H and O–H groups in total. The molecule has 0 atom stereocenters. The molecule has 0 spiro atoms. The predicted molar refractivity (Wildman–Crippen MR) is 106 cm³/mol. The quantitative estimate of drug-likeness (QED) is 0.576. The maximum absolute atomic E-state index is 13.9. The first-order valence-corrected chi connectivity index (χ1v) is 8.83. The lowest BCUT2D eigenvalue weighted by Crippen LogP contribution is -2.34. The summed E-state index contributed by atoms with van der Waals surface area (Å²) in [7, 11) is 0. The maximum atomic E-state index is 13.9. The average molecular weight is 388 g/mol. The molecule has 0 radical (unpaired) electrons. The number of nitrogens with one attached hydrogen (secondary N) is 1. The highest BCUT2D eigenvalue weighted by Gasteiger charge is 2.17. The zero-order valence-electron chi connectivity index (χ0n) is 15.0. The van der Waals surface area contributed by atoms with E-state index in [9.17, 15) is 8.78 Å². The maximum Gasteiger partial charge on any atom is 0.143 e. The molecule has 3 aromatic heterocycles. The molecule has 4 heterocycles. The number of rotatable bonds is 3. The highest BCUT2D eigenvalue weighted by molar-refractivity contribution is 5.87. The molecule has 0 saturated carbocycles. The minimum Gasteiger partial charge on any atom is -0.292 e. The Bertz CT molecular complexity index is 1280. The number of hydrazine groups is 1. The van der Waals surface area contributed by atoms with E-state index in [1.807, 2.05) is 18.2 Å². The number of fused-ring (bicyclic) bond motifs is 1. The number of anilines is 1. The molecule has 1 aliphatic heterocycles. The molecule has 0 saturated heterocycles. The molecular formula is C21H14F2N6. The summed E-state index contributed by atoms with van der Waals surface area (Å²) >= 11 is 0. The molecule has 1 aliphatic rings. The van der Waals surface area contributed by atoms with Crippen molar-refractivity contribution in [3.05, 3.63) is 96.9 Å². The van der Waals surface area contributed by atoms with Crippen LogP contribution in [0.4, 0.5) is 14.5 Å². The van der Waals surface area contributed by atoms with Gasteiger partial charge in [0.25, 0.3) is 0 Å². The lowest BCUT2D eigenvalue weighted by Gasteiger charge is -2.26. The molecule has 0 unspecified atom stereocenters. The van der Waals surface area contributed by atoms with Crippen molar-refractivity contribution >= 4 is 22.3 Å². The van der Waals surface area contributed by atoms with Gasteiger partial charge in [0.15, 0.2) is 0 Å². The summed E-state index contributed by atoms with van der Waals surface area (Å²) < 4.78 is 29.1. The van der Waals surface area contributed by atoms with E-state index in [2.05, 4.69) is 20.5 Å². The molecule has 0 aliphatic carbocycles. The van der Waals surface area contributed by atoms with Crippen molar-refractivity contribution < 1.29 is 8.78 Å². The van der Waals surface area contributed by atoms with Gasteiger partial charge in [-0.1, -0.05) is 0 Å². The Morgan fingerprint density at radius 2 is 1.86 bits per heavy atom. The number of pyridine rings is 2. The predicted octanol–water partition coefficient (Wildman–Crippen LogP) is 3.97. The molecular weight excluding hydrogens is 374 g/mol. The zero-order chi connectivity index (χ0) is 19.8. The highest BCUT2D eigenvalue weighted by Crippen LogP contribution is 2.26. The lowest BCUT2D eigenvalue weighted by atomic mass is 10.1. The zero-order valence-corrected chi connectivity index (χ0v) is 15.0. The Kier molecular flexibility index (Phi) is 4.02. The summed E-state index contributed by atoms with van der Waals surface area (Å²) in [5, 5.41) is 6.73. The van der Waals surface area contributed by atoms with E-state index in [0.29, 0.717) is 22.3 Å². The Morgan fingerprint density at radius 1 is 0.931 bits per heavy atom. The van der Waals surface area contributed by atoms with Crippen molar-refractivity contribution in [2.75, 3.05) is 5.01 Å². The first-order valence-electron chi connectivity index (χ1n) is 8.83. The summed E-state index contributed by atoms with van der Waals surface area (Å²) in [6.45, 7) is 0. The minimum atomic E-state index is -0.427. The van der Waals surface area contributed by atoms with Crippen LogP contribution in [0.1, 0.15) is 5.69 Å². The third-order valence-corrected chi connectivity index (χ3v) is 4.53. The van der Waals surface area contributed by atoms with Crippen LogP contribution in [0.2, 0.25) is 0 Å². The van der Waals surface area contributed by atoms with E-state index in [1.54, 1.807) is 46.6 Å². The summed E-state index contributed by atoms with van der Waals surface area (Å²) in [6, 6.07) is 9.46. The average Bonchev–Trinajstić information content (AvgIpc) is 3.23. The summed E-state index contributed by atoms with van der Waals surface area (Å²) in [5.74, 6) is -0.771. The van der Waals surface area contributed by atoms with Crippen LogP contribution < -0.4 is 10.4 Å². The number of hydrogen-bond acceptors (Lipinski definition) is 5. The van der Waals surface area contributed by atoms with E-state index in [4.69, 9.17) is 0 Å². The van der Waals surface area contributed by atoms with E-state index in [0.717, 1.165) is 17.6 Å². The fraction of sp³-hybridized carbons (Fsp3) is 0. The monoisotopic (exact) mass is 388 g/mol. The van der Waals surface area contributed by atoms with Crippen LogP contribution in [-0.2, 0) is 0 Å². The minimum absolute atomic E-state index is 0.344. The van der Waals surface area contributed by atoms with Gasteiger partial charge in [0.05, 0.1) is 46.9 Å². The number of nitrogens with zero attached hydrogens (tertiary/aromatic N) is 5. The van der Waals surface area contributed by atoms with Gasteiger partial charge in [0.1, 0.15) is 11.6 Å². The van der Waals surface area contributed by atoms with Crippen molar-refractivity contribution in [1.29, 1.82) is 0 Å². The van der Waals surface area contributed by atoms with Crippen LogP contribution in [0.25, 0.3) is 22.3 Å². The number of hydrogen-bond donors (Lipinski definition) is 1. The van der Waals surface area contributed by atoms with Gasteiger partial charge in [-0.3, -0.25) is 20.4 Å². The Morgan fingerprint density at radius 3 is 2.76 bits per heavy atom. The van der Waals surface area contributed by atoms with Crippen LogP contribution in [-0.4, -0.2) is 19.7 Å². The Hall–Kier alpha value is -4.07. The topological polar surface area (TPSA) is 58.9 Å². The van der Waals surface area contributed by atoms with Gasteiger partial charge in [-0.05, 0) is 42.5 Å². The smallest absolute Gasteiger partial charge is 0.143 e. The fourth-order valence-electron chi connectivity index (χ4n) is 3.24. The lowest BCUT2D eigenvalue weighted by molar-refractivity contribution is 0.620. The van der Waals surface area contributed by atoms with Crippen molar-refractivity contribution in [3.63, 3.8) is 0 Å². The SMILES string of the molecule is Fc1cncc(N2C=CC=C(c3ccnn3-c3ccnc4ccc(F)cc34)N2)c1. The summed E-state index contributed by atoms with van der Waals surface area (Å²) in [4.78, 5) is 8.18. The number of halogens is 2. The van der Waals surface area contributed by atoms with E-state index in [-0.39, 0.29) is 5.82 Å². The Labute approximate surface area is 164 Å². The molecule has 29 heavy (non-hydrogen) atoms. The molecule has 0 bridgehead atoms. The van der Waals surface area contributed by atoms with Crippen molar-refractivity contribution in [3.8, 4) is 5.69 Å². The number of allylic oxidation sites excluding steroid dienone is 2. The summed E-state index contributed by atoms with van der Waals surface area (Å²) in [6.07, 6.45) is 11.5. The van der Waals surface area contributed by atoms with Gasteiger partial charge in [0.2, 0.25) is 0 Å². The van der Waals surface area contributed by atoms with Gasteiger partial charge < -0.3 is 0 Å². The van der Waals surface area contributed by atoms with E-state index < -0.39 is 5.82 Å². The van der Waals surface area contributed by atoms with Crippen LogP contribution in [0, 0.1) is 11.6 Å². The van der Waals surface area contributed by atoms with Crippen molar-refractivity contribution in [2.24, 2.45) is 0 Å². The molecule has 5 rings (SSSR count). The third kappa shape index (κ3) is 3.10. The van der Waals surface area contributed by atoms with Crippen LogP contribution in [0.3, 0.4) is 0 Å². The van der Waals surface area contributed by atoms with Crippen LogP contribution >= 0.6 is 0 Å². The molecule has 8 heteroatoms. The molecule has 0 amide bonds. The third-order valence-electron chi connectivity index (χ3n) is 4.53. The molecule has 142 valence electrons. The number of benzene rings is 1. The van der Waals surface area contributed by atoms with Crippen LogP contribution in [0.15, 0.2) is 79.5 Å². The van der Waals surface area contributed by atoms with Gasteiger partial charge in [-0.15, -0.1) is 0 Å². The van der Waals surface area contributed by atoms with E-state index >= 15 is 0 Å². The van der Waals surface area contributed by atoms with Gasteiger partial charge in [-0.2, -0.15) is 5.10 Å². The van der Waals surface area contributed by atoms with Crippen molar-refractivity contribution in [1.82, 2.24) is 25.2 Å². The first kappa shape index (κ1) is 17.1. The second kappa shape index (κ2) is 6.83. The highest BCUT2D eigenvalue weighted by atomic mass is 19.1. The first-order chi connectivity index (χ1) is 14.2. The largest absolute Gasteiger partial charge is 0.292 e. The van der Waals surface area contributed by atoms with Crippen molar-refractivity contribution in [2.45, 2.75) is 0 Å². The van der Waals surface area contributed by atoms with E-state index in [1.165, 1.54) is 18.2 Å². The second-order valence-electron chi connectivity index (χ2n) is 6.38. The molecule has 4 aromatic rings. The summed E-state index contributed by atoms with van der Waals surface area (Å²) in [5.41, 5.74) is 6.62. The molecule has 6 nitrogen and oxygen atoms in total. The second-order valence-corrected chi connectivity index (χ2v) is 6.38. The number of aromatic nitrogens is 4. The van der Waals surface area contributed by atoms with Crippen LogP contribution in [0.5, 0.6) is 0 Å². The molecule has 1 aromatic carbocycles. The Balaban J connectivity index is 1.56. The van der Waals surface area contributed by atoms with Gasteiger partial charge >= 0.3 is 0 Å². The van der Waals surface area contributed by atoms with Gasteiger partial charge in [0, 0.05) is 23.8 Å². The normalized spacial score (nSPS) is 13.4. The standard InChI is InChI=1S/C21H14F2N6/c22-14-3-4-18-17(11-14)20(5-7-25-18)29-21(6-8-26-29)19-2-1-9-28(27-19)16-10-15(23)12-24-13-16/h1-13,27H. The molecule has 0 fully saturated rings. The van der Waals surface area contributed by atoms with Gasteiger partial charge in [-0.25, -0.2) is 13.5 Å².